The Balaban J connectivity index is 1.62. The highest BCUT2D eigenvalue weighted by Gasteiger charge is 2.06. The Hall–Kier alpha value is -2.48. The molecule has 0 unspecified atom stereocenters. The number of nitrogens with zero attached hydrogens (tertiary/aromatic N) is 1. The van der Waals surface area contributed by atoms with Gasteiger partial charge in [-0.3, -0.25) is 19.0 Å². The number of benzene rings is 1. The molecule has 158 valence electrons. The highest BCUT2D eigenvalue weighted by Crippen LogP contribution is 2.08. The van der Waals surface area contributed by atoms with E-state index in [-0.39, 0.29) is 17.4 Å². The number of amides is 1. The maximum absolute atomic E-state index is 12.6. The van der Waals surface area contributed by atoms with Gasteiger partial charge in [0, 0.05) is 25.9 Å². The minimum atomic E-state index is -0.193. The lowest BCUT2D eigenvalue weighted by molar-refractivity contribution is -0.140. The molecule has 2 aromatic rings. The minimum absolute atomic E-state index is 0.0399. The lowest BCUT2D eigenvalue weighted by Gasteiger charge is -2.08. The standard InChI is InChI=1S/C21H29N3O4S/c1-28-19(26)13-5-2-8-14-22-18(25)12-4-3-9-15-24-20(27)16-10-6-7-11-17(16)23-21(24)29/h6-7,10-11H,2-5,8-9,12-15H2,1H3,(H,22,25)(H,23,29). The van der Waals surface area contributed by atoms with Crippen molar-refractivity contribution in [3.8, 4) is 0 Å². The minimum Gasteiger partial charge on any atom is -0.469 e. The summed E-state index contributed by atoms with van der Waals surface area (Å²) in [6.45, 7) is 1.17. The van der Waals surface area contributed by atoms with E-state index >= 15 is 0 Å². The van der Waals surface area contributed by atoms with E-state index in [9.17, 15) is 14.4 Å². The van der Waals surface area contributed by atoms with Crippen LogP contribution in [0.2, 0.25) is 0 Å². The zero-order valence-corrected chi connectivity index (χ0v) is 17.7. The number of methoxy groups -OCH3 is 1. The van der Waals surface area contributed by atoms with Crippen molar-refractivity contribution < 1.29 is 14.3 Å². The monoisotopic (exact) mass is 419 g/mol. The average Bonchev–Trinajstić information content (AvgIpc) is 2.72. The van der Waals surface area contributed by atoms with E-state index < -0.39 is 0 Å². The SMILES string of the molecule is COC(=O)CCCCCNC(=O)CCCCCn1c(=S)[nH]c2ccccc2c1=O. The van der Waals surface area contributed by atoms with Crippen molar-refractivity contribution in [2.45, 2.75) is 57.9 Å². The van der Waals surface area contributed by atoms with Crippen molar-refractivity contribution in [3.05, 3.63) is 39.4 Å². The third kappa shape index (κ3) is 7.45. The normalized spacial score (nSPS) is 10.8. The Morgan fingerprint density at radius 2 is 1.79 bits per heavy atom. The molecule has 0 aliphatic carbocycles. The summed E-state index contributed by atoms with van der Waals surface area (Å²) in [4.78, 5) is 38.5. The van der Waals surface area contributed by atoms with Crippen molar-refractivity contribution >= 4 is 35.0 Å². The summed E-state index contributed by atoms with van der Waals surface area (Å²) in [5.74, 6) is -0.154. The summed E-state index contributed by atoms with van der Waals surface area (Å²) in [5, 5.41) is 3.53. The number of para-hydroxylation sites is 1. The van der Waals surface area contributed by atoms with Crippen molar-refractivity contribution in [2.75, 3.05) is 13.7 Å². The van der Waals surface area contributed by atoms with Crippen LogP contribution >= 0.6 is 12.2 Å². The number of aromatic amines is 1. The molecule has 0 aliphatic heterocycles. The van der Waals surface area contributed by atoms with Gasteiger partial charge in [0.05, 0.1) is 18.0 Å². The molecule has 2 N–H and O–H groups in total. The second-order valence-electron chi connectivity index (χ2n) is 6.98. The number of unbranched alkanes of at least 4 members (excludes halogenated alkanes) is 4. The Morgan fingerprint density at radius 1 is 1.07 bits per heavy atom. The van der Waals surface area contributed by atoms with Gasteiger partial charge in [0.25, 0.3) is 5.56 Å². The van der Waals surface area contributed by atoms with E-state index in [0.717, 1.165) is 44.0 Å². The second-order valence-corrected chi connectivity index (χ2v) is 7.37. The van der Waals surface area contributed by atoms with Crippen molar-refractivity contribution in [1.29, 1.82) is 0 Å². The molecule has 1 heterocycles. The predicted octanol–water partition coefficient (Wildman–Crippen LogP) is 3.47. The topological polar surface area (TPSA) is 93.2 Å². The Labute approximate surface area is 175 Å². The number of aromatic nitrogens is 2. The van der Waals surface area contributed by atoms with Crippen LogP contribution in [0.1, 0.15) is 51.4 Å². The average molecular weight is 420 g/mol. The number of nitrogens with one attached hydrogen (secondary N) is 2. The van der Waals surface area contributed by atoms with E-state index in [0.29, 0.717) is 36.1 Å². The van der Waals surface area contributed by atoms with Gasteiger partial charge in [-0.2, -0.15) is 0 Å². The molecule has 0 aliphatic rings. The number of hydrogen-bond donors (Lipinski definition) is 2. The van der Waals surface area contributed by atoms with Crippen LogP contribution in [0, 0.1) is 4.77 Å². The fourth-order valence-corrected chi connectivity index (χ4v) is 3.41. The Kier molecular flexibility index (Phi) is 9.56. The summed E-state index contributed by atoms with van der Waals surface area (Å²) in [5.41, 5.74) is 0.676. The molecule has 0 fully saturated rings. The first kappa shape index (κ1) is 22.8. The first-order valence-corrected chi connectivity index (χ1v) is 10.5. The second kappa shape index (κ2) is 12.2. The van der Waals surface area contributed by atoms with Crippen LogP contribution in [-0.4, -0.2) is 35.1 Å². The number of esters is 1. The molecule has 0 atom stereocenters. The molecular weight excluding hydrogens is 390 g/mol. The van der Waals surface area contributed by atoms with Crippen LogP contribution in [0.3, 0.4) is 0 Å². The Morgan fingerprint density at radius 3 is 2.59 bits per heavy atom. The third-order valence-corrected chi connectivity index (χ3v) is 5.10. The van der Waals surface area contributed by atoms with Gasteiger partial charge in [-0.25, -0.2) is 0 Å². The lowest BCUT2D eigenvalue weighted by atomic mass is 10.1. The molecule has 1 aromatic heterocycles. The molecular formula is C21H29N3O4S. The first-order valence-electron chi connectivity index (χ1n) is 10.1. The molecule has 1 aromatic carbocycles. The van der Waals surface area contributed by atoms with Crippen molar-refractivity contribution in [3.63, 3.8) is 0 Å². The van der Waals surface area contributed by atoms with Gasteiger partial charge in [0.15, 0.2) is 4.77 Å². The quantitative estimate of drug-likeness (QED) is 0.312. The molecule has 0 spiro atoms. The van der Waals surface area contributed by atoms with Gasteiger partial charge in [-0.15, -0.1) is 0 Å². The zero-order chi connectivity index (χ0) is 21.1. The van der Waals surface area contributed by atoms with Gasteiger partial charge in [0.2, 0.25) is 5.91 Å². The number of ether oxygens (including phenoxy) is 1. The highest BCUT2D eigenvalue weighted by molar-refractivity contribution is 7.71. The summed E-state index contributed by atoms with van der Waals surface area (Å²) in [6, 6.07) is 7.33. The maximum Gasteiger partial charge on any atom is 0.305 e. The molecule has 0 saturated heterocycles. The Bertz CT molecular complexity index is 935. The number of carbonyl (C=O) groups is 2. The van der Waals surface area contributed by atoms with E-state index in [1.165, 1.54) is 7.11 Å². The number of carbonyl (C=O) groups excluding carboxylic acids is 2. The largest absolute Gasteiger partial charge is 0.469 e. The first-order chi connectivity index (χ1) is 14.0. The van der Waals surface area contributed by atoms with Crippen molar-refractivity contribution in [1.82, 2.24) is 14.9 Å². The van der Waals surface area contributed by atoms with Gasteiger partial charge >= 0.3 is 5.97 Å². The van der Waals surface area contributed by atoms with E-state index in [1.807, 2.05) is 18.2 Å². The molecule has 0 bridgehead atoms. The predicted molar refractivity (Wildman–Crippen MR) is 115 cm³/mol. The van der Waals surface area contributed by atoms with Gasteiger partial charge in [-0.1, -0.05) is 25.0 Å². The molecule has 0 saturated carbocycles. The number of H-pyrrole nitrogens is 1. The summed E-state index contributed by atoms with van der Waals surface area (Å²) in [6.07, 6.45) is 5.82. The van der Waals surface area contributed by atoms with Crippen LogP contribution in [-0.2, 0) is 20.9 Å². The molecule has 1 amide bonds. The molecule has 0 radical (unpaired) electrons. The van der Waals surface area contributed by atoms with Gasteiger partial charge in [0.1, 0.15) is 0 Å². The maximum atomic E-state index is 12.6. The summed E-state index contributed by atoms with van der Waals surface area (Å²) in [7, 11) is 1.39. The third-order valence-electron chi connectivity index (χ3n) is 4.78. The molecule has 2 rings (SSSR count). The zero-order valence-electron chi connectivity index (χ0n) is 16.9. The highest BCUT2D eigenvalue weighted by atomic mass is 32.1. The number of hydrogen-bond acceptors (Lipinski definition) is 5. The lowest BCUT2D eigenvalue weighted by Crippen LogP contribution is -2.24. The van der Waals surface area contributed by atoms with Crippen LogP contribution < -0.4 is 10.9 Å². The van der Waals surface area contributed by atoms with Gasteiger partial charge in [-0.05, 0) is 50.0 Å². The number of rotatable bonds is 12. The molecule has 7 nitrogen and oxygen atoms in total. The van der Waals surface area contributed by atoms with Gasteiger partial charge < -0.3 is 15.0 Å². The van der Waals surface area contributed by atoms with E-state index in [1.54, 1.807) is 10.6 Å². The van der Waals surface area contributed by atoms with Crippen LogP contribution in [0.5, 0.6) is 0 Å². The summed E-state index contributed by atoms with van der Waals surface area (Å²) >= 11 is 5.30. The van der Waals surface area contributed by atoms with Crippen LogP contribution in [0.15, 0.2) is 29.1 Å². The molecule has 29 heavy (non-hydrogen) atoms. The summed E-state index contributed by atoms with van der Waals surface area (Å²) < 4.78 is 6.60. The van der Waals surface area contributed by atoms with E-state index in [2.05, 4.69) is 15.0 Å². The smallest absolute Gasteiger partial charge is 0.305 e. The molecule has 8 heteroatoms. The number of fused-ring (bicyclic) bond motifs is 1. The fraction of sp³-hybridized carbons (Fsp3) is 0.524. The van der Waals surface area contributed by atoms with Crippen molar-refractivity contribution in [2.24, 2.45) is 0 Å². The van der Waals surface area contributed by atoms with E-state index in [4.69, 9.17) is 12.2 Å². The van der Waals surface area contributed by atoms with Crippen LogP contribution in [0.4, 0.5) is 0 Å². The van der Waals surface area contributed by atoms with Crippen LogP contribution in [0.25, 0.3) is 10.9 Å². The fourth-order valence-electron chi connectivity index (χ4n) is 3.12.